The van der Waals surface area contributed by atoms with Gasteiger partial charge in [0.2, 0.25) is 12.8 Å². The average molecular weight is 416 g/mol. The molecule has 0 saturated heterocycles. The summed E-state index contributed by atoms with van der Waals surface area (Å²) < 4.78 is 3.16. The molecule has 0 aromatic heterocycles. The Kier molecular flexibility index (Phi) is 16.4. The van der Waals surface area contributed by atoms with Gasteiger partial charge in [0.05, 0.1) is 0 Å². The molecule has 4 nitrogen and oxygen atoms in total. The number of nitrogens with one attached hydrogen (secondary N) is 2. The molecule has 1 rings (SSSR count). The molecule has 0 radical (unpaired) electrons. The molecule has 0 heterocycles. The van der Waals surface area contributed by atoms with E-state index in [0.29, 0.717) is 25.1 Å². The topological polar surface area (TPSA) is 58.2 Å². The van der Waals surface area contributed by atoms with Crippen molar-refractivity contribution in [1.82, 2.24) is 10.6 Å². The van der Waals surface area contributed by atoms with E-state index in [0.717, 1.165) is 44.9 Å². The summed E-state index contributed by atoms with van der Waals surface area (Å²) in [4.78, 5) is 21.5. The molecule has 5 heteroatoms. The second kappa shape index (κ2) is 16.6. The van der Waals surface area contributed by atoms with Crippen LogP contribution in [0.3, 0.4) is 0 Å². The van der Waals surface area contributed by atoms with E-state index in [1.54, 1.807) is 9.45 Å². The third-order valence-electron chi connectivity index (χ3n) is 5.45. The van der Waals surface area contributed by atoms with Crippen molar-refractivity contribution in [1.29, 1.82) is 0 Å². The van der Waals surface area contributed by atoms with Gasteiger partial charge < -0.3 is 10.6 Å². The van der Waals surface area contributed by atoms with Gasteiger partial charge in [-0.15, -0.1) is 0 Å². The second-order valence-electron chi connectivity index (χ2n) is 8.62. The van der Waals surface area contributed by atoms with Gasteiger partial charge in [0.1, 0.15) is 0 Å². The first-order valence-corrected chi connectivity index (χ1v) is 13.3. The molecule has 27 heavy (non-hydrogen) atoms. The van der Waals surface area contributed by atoms with E-state index in [1.807, 2.05) is 0 Å². The van der Waals surface area contributed by atoms with E-state index < -0.39 is 0 Å². The number of hydrogen-bond donors (Lipinski definition) is 2. The molecule has 0 aromatic carbocycles. The fraction of sp³-hybridized carbons (Fsp3) is 0.909. The molecule has 2 amide bonds. The summed E-state index contributed by atoms with van der Waals surface area (Å²) in [5.41, 5.74) is 0.157. The first-order chi connectivity index (χ1) is 13.0. The van der Waals surface area contributed by atoms with Gasteiger partial charge in [-0.25, -0.2) is 0 Å². The summed E-state index contributed by atoms with van der Waals surface area (Å²) in [6.45, 7) is 11.1. The second-order valence-corrected chi connectivity index (χ2v) is 11.0. The van der Waals surface area contributed by atoms with Crippen LogP contribution in [0, 0.1) is 11.3 Å². The van der Waals surface area contributed by atoms with E-state index in [-0.39, 0.29) is 17.5 Å². The van der Waals surface area contributed by atoms with Crippen LogP contribution in [0.4, 0.5) is 0 Å². The molecule has 1 fully saturated rings. The summed E-state index contributed by atoms with van der Waals surface area (Å²) >= 11 is 0.496. The summed E-state index contributed by atoms with van der Waals surface area (Å²) in [7, 11) is 0. The number of rotatable bonds is 13. The van der Waals surface area contributed by atoms with E-state index >= 15 is 0 Å². The molecular weight excluding hydrogens is 372 g/mol. The van der Waals surface area contributed by atoms with E-state index in [4.69, 9.17) is 0 Å². The van der Waals surface area contributed by atoms with Crippen LogP contribution in [0.5, 0.6) is 0 Å². The number of carbonyl (C=O) groups is 2. The molecule has 0 spiro atoms. The Morgan fingerprint density at radius 1 is 0.852 bits per heavy atom. The molecular formula is C22H44N2O2Ti. The van der Waals surface area contributed by atoms with E-state index in [2.05, 4.69) is 45.3 Å². The predicted molar refractivity (Wildman–Crippen MR) is 111 cm³/mol. The molecule has 1 aliphatic rings. The van der Waals surface area contributed by atoms with Crippen LogP contribution in [0.2, 0.25) is 9.45 Å². The van der Waals surface area contributed by atoms with Gasteiger partial charge in [0.25, 0.3) is 0 Å². The number of amides is 2. The van der Waals surface area contributed by atoms with Crippen molar-refractivity contribution in [2.24, 2.45) is 11.3 Å². The number of unbranched alkanes of at least 4 members (excludes halogenated alkanes) is 3. The number of carbonyl (C=O) groups excluding carboxylic acids is 2. The van der Waals surface area contributed by atoms with Crippen molar-refractivity contribution in [2.45, 2.75) is 114 Å². The first kappa shape index (κ1) is 26.7. The van der Waals surface area contributed by atoms with Crippen LogP contribution >= 0.6 is 0 Å². The Morgan fingerprint density at radius 2 is 1.30 bits per heavy atom. The Bertz CT molecular complexity index is 349. The van der Waals surface area contributed by atoms with Gasteiger partial charge in [-0.05, 0) is 30.6 Å². The van der Waals surface area contributed by atoms with Gasteiger partial charge in [-0.3, -0.25) is 9.59 Å². The summed E-state index contributed by atoms with van der Waals surface area (Å²) in [5, 5.41) is 5.90. The fourth-order valence-electron chi connectivity index (χ4n) is 3.97. The zero-order valence-electron chi connectivity index (χ0n) is 18.5. The molecule has 0 bridgehead atoms. The van der Waals surface area contributed by atoms with Crippen molar-refractivity contribution in [2.75, 3.05) is 0 Å². The Labute approximate surface area is 177 Å². The van der Waals surface area contributed by atoms with Crippen molar-refractivity contribution >= 4 is 12.8 Å². The quantitative estimate of drug-likeness (QED) is 0.242. The van der Waals surface area contributed by atoms with Crippen LogP contribution in [-0.4, -0.2) is 24.9 Å². The summed E-state index contributed by atoms with van der Waals surface area (Å²) in [6, 6.07) is 0.352. The normalized spacial score (nSPS) is 23.5. The monoisotopic (exact) mass is 416 g/mol. The SMILES string of the molecule is CCCCC1C(NC=O)CC(C)(C)CC1NC=O.CCC[CH2][Ti][CH2]CCC. The maximum absolute atomic E-state index is 10.8. The Balaban J connectivity index is 0.000000636. The van der Waals surface area contributed by atoms with Crippen LogP contribution in [0.15, 0.2) is 0 Å². The van der Waals surface area contributed by atoms with Crippen molar-refractivity contribution in [3.63, 3.8) is 0 Å². The summed E-state index contributed by atoms with van der Waals surface area (Å²) in [5.74, 6) is 0.355. The molecule has 0 aliphatic heterocycles. The molecule has 1 saturated carbocycles. The number of hydrogen-bond acceptors (Lipinski definition) is 2. The minimum absolute atomic E-state index is 0.157. The van der Waals surface area contributed by atoms with Gasteiger partial charge >= 0.3 is 68.1 Å². The summed E-state index contributed by atoms with van der Waals surface area (Å²) in [6.07, 6.45) is 12.7. The van der Waals surface area contributed by atoms with Gasteiger partial charge in [0, 0.05) is 12.1 Å². The van der Waals surface area contributed by atoms with Gasteiger partial charge in [0.15, 0.2) is 0 Å². The molecule has 2 N–H and O–H groups in total. The van der Waals surface area contributed by atoms with Crippen LogP contribution in [0.1, 0.15) is 92.4 Å². The minimum atomic E-state index is 0.157. The molecule has 1 aliphatic carbocycles. The standard InChI is InChI=1S/C14H26N2O2.2C4H9.Ti/c1-4-5-6-11-12(15-9-17)7-14(2,3)8-13(11)16-10-18;2*1-3-4-2;/h9-13H,4-8H2,1-3H3,(H,15,17)(H,16,18);2*1,3-4H2,2H3;. The van der Waals surface area contributed by atoms with Crippen molar-refractivity contribution in [3.05, 3.63) is 0 Å². The third-order valence-corrected chi connectivity index (χ3v) is 7.66. The van der Waals surface area contributed by atoms with Crippen LogP contribution in [0.25, 0.3) is 0 Å². The Hall–Kier alpha value is -0.346. The zero-order chi connectivity index (χ0) is 20.5. The van der Waals surface area contributed by atoms with Crippen molar-refractivity contribution in [3.8, 4) is 0 Å². The molecule has 2 unspecified atom stereocenters. The molecule has 0 aromatic rings. The van der Waals surface area contributed by atoms with E-state index in [1.165, 1.54) is 25.7 Å². The third kappa shape index (κ3) is 12.7. The van der Waals surface area contributed by atoms with Gasteiger partial charge in [-0.1, -0.05) is 33.6 Å². The zero-order valence-corrected chi connectivity index (χ0v) is 20.0. The maximum atomic E-state index is 10.8. The molecule has 2 atom stereocenters. The Morgan fingerprint density at radius 3 is 1.67 bits per heavy atom. The van der Waals surface area contributed by atoms with Crippen LogP contribution in [-0.2, 0) is 28.7 Å². The molecule has 158 valence electrons. The van der Waals surface area contributed by atoms with Gasteiger partial charge in [-0.2, -0.15) is 0 Å². The predicted octanol–water partition coefficient (Wildman–Crippen LogP) is 5.35. The first-order valence-electron chi connectivity index (χ1n) is 11.1. The van der Waals surface area contributed by atoms with Crippen molar-refractivity contribution < 1.29 is 28.7 Å². The average Bonchev–Trinajstić information content (AvgIpc) is 2.61. The van der Waals surface area contributed by atoms with E-state index in [9.17, 15) is 9.59 Å². The van der Waals surface area contributed by atoms with Crippen LogP contribution < -0.4 is 10.6 Å². The fourth-order valence-corrected chi connectivity index (χ4v) is 6.24.